The first-order valence-electron chi connectivity index (χ1n) is 10.4. The van der Waals surface area contributed by atoms with Crippen molar-refractivity contribution in [2.24, 2.45) is 0 Å². The maximum absolute atomic E-state index is 6.76. The number of ether oxygens (including phenoxy) is 1. The molecule has 29 heavy (non-hydrogen) atoms. The SMILES string of the molecule is COCC1(CO[Si](C)(C)CCc2ccccc2)c2ccccc2-c2ccccc21. The molecule has 0 fully saturated rings. The van der Waals surface area contributed by atoms with Crippen LogP contribution in [-0.4, -0.2) is 28.6 Å². The molecule has 3 aromatic carbocycles. The molecule has 150 valence electrons. The Morgan fingerprint density at radius 2 is 1.28 bits per heavy atom. The molecule has 0 atom stereocenters. The zero-order chi connectivity index (χ0) is 20.3. The predicted octanol–water partition coefficient (Wildman–Crippen LogP) is 6.06. The van der Waals surface area contributed by atoms with Gasteiger partial charge in [-0.05, 0) is 53.4 Å². The van der Waals surface area contributed by atoms with Gasteiger partial charge in [0, 0.05) is 13.7 Å². The smallest absolute Gasteiger partial charge is 0.187 e. The quantitative estimate of drug-likeness (QED) is 0.426. The number of hydrogen-bond acceptors (Lipinski definition) is 2. The zero-order valence-electron chi connectivity index (χ0n) is 17.7. The van der Waals surface area contributed by atoms with Crippen molar-refractivity contribution in [3.8, 4) is 11.1 Å². The van der Waals surface area contributed by atoms with E-state index in [1.54, 1.807) is 7.11 Å². The summed E-state index contributed by atoms with van der Waals surface area (Å²) in [5.41, 5.74) is 6.44. The van der Waals surface area contributed by atoms with E-state index in [2.05, 4.69) is 92.0 Å². The Kier molecular flexibility index (Phi) is 5.73. The van der Waals surface area contributed by atoms with Crippen molar-refractivity contribution in [2.75, 3.05) is 20.3 Å². The van der Waals surface area contributed by atoms with E-state index in [1.807, 2.05) is 0 Å². The Bertz CT molecular complexity index is 920. The Morgan fingerprint density at radius 1 is 0.724 bits per heavy atom. The summed E-state index contributed by atoms with van der Waals surface area (Å²) in [7, 11) is -0.0328. The van der Waals surface area contributed by atoms with Crippen molar-refractivity contribution < 1.29 is 9.16 Å². The van der Waals surface area contributed by atoms with E-state index < -0.39 is 8.32 Å². The van der Waals surface area contributed by atoms with Gasteiger partial charge < -0.3 is 9.16 Å². The average Bonchev–Trinajstić information content (AvgIpc) is 3.03. The van der Waals surface area contributed by atoms with Gasteiger partial charge in [0.05, 0.1) is 12.0 Å². The molecular formula is C26H30O2Si. The number of rotatable bonds is 8. The van der Waals surface area contributed by atoms with Crippen molar-refractivity contribution in [2.45, 2.75) is 31.0 Å². The summed E-state index contributed by atoms with van der Waals surface area (Å²) >= 11 is 0. The van der Waals surface area contributed by atoms with Gasteiger partial charge in [-0.1, -0.05) is 78.9 Å². The molecule has 0 aliphatic heterocycles. The maximum Gasteiger partial charge on any atom is 0.187 e. The molecule has 0 aromatic heterocycles. The van der Waals surface area contributed by atoms with Crippen LogP contribution in [0, 0.1) is 0 Å². The van der Waals surface area contributed by atoms with Gasteiger partial charge in [-0.3, -0.25) is 0 Å². The third-order valence-electron chi connectivity index (χ3n) is 6.13. The molecule has 0 amide bonds. The third-order valence-corrected chi connectivity index (χ3v) is 8.51. The van der Waals surface area contributed by atoms with Crippen LogP contribution in [0.15, 0.2) is 78.9 Å². The summed E-state index contributed by atoms with van der Waals surface area (Å²) in [6.07, 6.45) is 1.07. The van der Waals surface area contributed by atoms with Crippen LogP contribution >= 0.6 is 0 Å². The lowest BCUT2D eigenvalue weighted by atomic mass is 9.80. The fourth-order valence-electron chi connectivity index (χ4n) is 4.50. The van der Waals surface area contributed by atoms with Gasteiger partial charge in [0.15, 0.2) is 8.32 Å². The van der Waals surface area contributed by atoms with E-state index in [0.717, 1.165) is 12.5 Å². The number of fused-ring (bicyclic) bond motifs is 3. The molecule has 1 aliphatic carbocycles. The molecule has 0 bridgehead atoms. The first-order chi connectivity index (χ1) is 14.1. The van der Waals surface area contributed by atoms with Crippen molar-refractivity contribution in [3.63, 3.8) is 0 Å². The van der Waals surface area contributed by atoms with E-state index in [9.17, 15) is 0 Å². The number of hydrogen-bond donors (Lipinski definition) is 0. The van der Waals surface area contributed by atoms with Gasteiger partial charge in [-0.2, -0.15) is 0 Å². The van der Waals surface area contributed by atoms with E-state index in [0.29, 0.717) is 13.2 Å². The lowest BCUT2D eigenvalue weighted by Gasteiger charge is -2.35. The zero-order valence-corrected chi connectivity index (χ0v) is 18.7. The molecule has 3 heteroatoms. The highest BCUT2D eigenvalue weighted by atomic mass is 28.4. The number of methoxy groups -OCH3 is 1. The van der Waals surface area contributed by atoms with Crippen LogP contribution in [0.5, 0.6) is 0 Å². The molecule has 0 radical (unpaired) electrons. The first-order valence-corrected chi connectivity index (χ1v) is 13.5. The summed E-state index contributed by atoms with van der Waals surface area (Å²) in [5.74, 6) is 0. The molecule has 0 heterocycles. The van der Waals surface area contributed by atoms with Crippen LogP contribution in [0.2, 0.25) is 19.1 Å². The normalized spacial score (nSPS) is 14.4. The highest BCUT2D eigenvalue weighted by Crippen LogP contribution is 2.49. The molecule has 3 aromatic rings. The van der Waals surface area contributed by atoms with Crippen molar-refractivity contribution in [3.05, 3.63) is 95.6 Å². The second-order valence-corrected chi connectivity index (χ2v) is 12.9. The molecule has 0 saturated carbocycles. The lowest BCUT2D eigenvalue weighted by molar-refractivity contribution is 0.112. The first kappa shape index (κ1) is 20.1. The third kappa shape index (κ3) is 3.95. The maximum atomic E-state index is 6.76. The van der Waals surface area contributed by atoms with Gasteiger partial charge in [-0.15, -0.1) is 0 Å². The number of aryl methyl sites for hydroxylation is 1. The van der Waals surface area contributed by atoms with Crippen LogP contribution in [0.4, 0.5) is 0 Å². The Morgan fingerprint density at radius 3 is 1.86 bits per heavy atom. The fraction of sp³-hybridized carbons (Fsp3) is 0.308. The molecular weight excluding hydrogens is 372 g/mol. The highest BCUT2D eigenvalue weighted by molar-refractivity contribution is 6.71. The van der Waals surface area contributed by atoms with Crippen molar-refractivity contribution in [1.29, 1.82) is 0 Å². The van der Waals surface area contributed by atoms with Crippen molar-refractivity contribution >= 4 is 8.32 Å². The lowest BCUT2D eigenvalue weighted by Crippen LogP contribution is -2.42. The van der Waals surface area contributed by atoms with Crippen LogP contribution < -0.4 is 0 Å². The van der Waals surface area contributed by atoms with Gasteiger partial charge >= 0.3 is 0 Å². The minimum atomic E-state index is -1.83. The summed E-state index contributed by atoms with van der Waals surface area (Å²) in [6.45, 7) is 5.97. The summed E-state index contributed by atoms with van der Waals surface area (Å²) in [4.78, 5) is 0. The fourth-order valence-corrected chi connectivity index (χ4v) is 6.17. The molecule has 0 saturated heterocycles. The summed E-state index contributed by atoms with van der Waals surface area (Å²) in [5, 5.41) is 0. The second kappa shape index (κ2) is 8.27. The minimum Gasteiger partial charge on any atom is -0.416 e. The van der Waals surface area contributed by atoms with Crippen LogP contribution in [-0.2, 0) is 21.0 Å². The molecule has 0 N–H and O–H groups in total. The van der Waals surface area contributed by atoms with Gasteiger partial charge in [0.2, 0.25) is 0 Å². The molecule has 0 unspecified atom stereocenters. The highest BCUT2D eigenvalue weighted by Gasteiger charge is 2.44. The topological polar surface area (TPSA) is 18.5 Å². The monoisotopic (exact) mass is 402 g/mol. The van der Waals surface area contributed by atoms with Gasteiger partial charge in [-0.25, -0.2) is 0 Å². The Labute approximate surface area is 175 Å². The van der Waals surface area contributed by atoms with E-state index in [4.69, 9.17) is 9.16 Å². The summed E-state index contributed by atoms with van der Waals surface area (Å²) in [6, 6.07) is 29.3. The molecule has 2 nitrogen and oxygen atoms in total. The minimum absolute atomic E-state index is 0.237. The van der Waals surface area contributed by atoms with Gasteiger partial charge in [0.25, 0.3) is 0 Å². The van der Waals surface area contributed by atoms with Crippen LogP contribution in [0.3, 0.4) is 0 Å². The van der Waals surface area contributed by atoms with E-state index in [1.165, 1.54) is 27.8 Å². The summed E-state index contributed by atoms with van der Waals surface area (Å²) < 4.78 is 12.5. The average molecular weight is 403 g/mol. The predicted molar refractivity (Wildman–Crippen MR) is 123 cm³/mol. The van der Waals surface area contributed by atoms with E-state index >= 15 is 0 Å². The number of benzene rings is 3. The molecule has 0 spiro atoms. The second-order valence-electron chi connectivity index (χ2n) is 8.64. The van der Waals surface area contributed by atoms with Crippen LogP contribution in [0.1, 0.15) is 16.7 Å². The van der Waals surface area contributed by atoms with Crippen molar-refractivity contribution in [1.82, 2.24) is 0 Å². The Balaban J connectivity index is 1.59. The van der Waals surface area contributed by atoms with Gasteiger partial charge in [0.1, 0.15) is 0 Å². The Hall–Kier alpha value is -2.20. The molecule has 4 rings (SSSR count). The largest absolute Gasteiger partial charge is 0.416 e. The van der Waals surface area contributed by atoms with E-state index in [-0.39, 0.29) is 5.41 Å². The van der Waals surface area contributed by atoms with Crippen LogP contribution in [0.25, 0.3) is 11.1 Å². The molecule has 1 aliphatic rings. The standard InChI is InChI=1S/C26H30O2Si/c1-27-19-26(20-28-29(2,3)18-17-21-11-5-4-6-12-21)24-15-9-7-13-22(24)23-14-8-10-16-25(23)26/h4-16H,17-20H2,1-3H3.